The van der Waals surface area contributed by atoms with E-state index in [2.05, 4.69) is 6.92 Å². The standard InChI is InChI=1S/C10H17/c1-8(10-5-6-10)7-9-3-2-4-9/h9-10H,2-7H2,1H3. The van der Waals surface area contributed by atoms with Crippen molar-refractivity contribution in [3.63, 3.8) is 0 Å². The van der Waals surface area contributed by atoms with Crippen LogP contribution in [-0.2, 0) is 0 Å². The molecule has 0 heterocycles. The van der Waals surface area contributed by atoms with E-state index in [4.69, 9.17) is 0 Å². The van der Waals surface area contributed by atoms with E-state index in [1.165, 1.54) is 38.5 Å². The normalized spacial score (nSPS) is 27.0. The van der Waals surface area contributed by atoms with E-state index < -0.39 is 0 Å². The Hall–Kier alpha value is 0. The summed E-state index contributed by atoms with van der Waals surface area (Å²) in [5.41, 5.74) is 0. The molecule has 10 heavy (non-hydrogen) atoms. The van der Waals surface area contributed by atoms with Crippen LogP contribution in [0.4, 0.5) is 0 Å². The van der Waals surface area contributed by atoms with E-state index in [1.54, 1.807) is 0 Å². The van der Waals surface area contributed by atoms with Gasteiger partial charge in [-0.3, -0.25) is 0 Å². The number of hydrogen-bond acceptors (Lipinski definition) is 0. The van der Waals surface area contributed by atoms with E-state index in [0.717, 1.165) is 11.8 Å². The summed E-state index contributed by atoms with van der Waals surface area (Å²) >= 11 is 0. The van der Waals surface area contributed by atoms with Crippen molar-refractivity contribution in [1.29, 1.82) is 0 Å². The summed E-state index contributed by atoms with van der Waals surface area (Å²) in [6.07, 6.45) is 9.00. The van der Waals surface area contributed by atoms with Gasteiger partial charge in [-0.2, -0.15) is 0 Å². The van der Waals surface area contributed by atoms with E-state index in [-0.39, 0.29) is 0 Å². The predicted molar refractivity (Wildman–Crippen MR) is 43.6 cm³/mol. The fraction of sp³-hybridized carbons (Fsp3) is 0.900. The Morgan fingerprint density at radius 3 is 2.30 bits per heavy atom. The fourth-order valence-corrected chi connectivity index (χ4v) is 1.90. The lowest BCUT2D eigenvalue weighted by atomic mass is 9.78. The highest BCUT2D eigenvalue weighted by molar-refractivity contribution is 5.01. The SMILES string of the molecule is C[C](CC1CCC1)C1CC1. The molecule has 0 nitrogen and oxygen atoms in total. The first-order valence-corrected chi connectivity index (χ1v) is 4.68. The first-order valence-electron chi connectivity index (χ1n) is 4.68. The van der Waals surface area contributed by atoms with Gasteiger partial charge in [0, 0.05) is 0 Å². The zero-order valence-electron chi connectivity index (χ0n) is 6.90. The highest BCUT2D eigenvalue weighted by Gasteiger charge is 2.31. The average molecular weight is 137 g/mol. The zero-order valence-corrected chi connectivity index (χ0v) is 6.90. The summed E-state index contributed by atoms with van der Waals surface area (Å²) in [6, 6.07) is 0. The van der Waals surface area contributed by atoms with Crippen molar-refractivity contribution in [1.82, 2.24) is 0 Å². The summed E-state index contributed by atoms with van der Waals surface area (Å²) in [4.78, 5) is 0. The molecule has 2 aliphatic rings. The van der Waals surface area contributed by atoms with Gasteiger partial charge in [-0.1, -0.05) is 26.2 Å². The molecule has 0 N–H and O–H groups in total. The molecule has 0 aromatic heterocycles. The van der Waals surface area contributed by atoms with E-state index >= 15 is 0 Å². The van der Waals surface area contributed by atoms with Gasteiger partial charge in [-0.05, 0) is 37.0 Å². The predicted octanol–water partition coefficient (Wildman–Crippen LogP) is 3.18. The van der Waals surface area contributed by atoms with Crippen LogP contribution < -0.4 is 0 Å². The zero-order chi connectivity index (χ0) is 6.97. The van der Waals surface area contributed by atoms with Crippen molar-refractivity contribution < 1.29 is 0 Å². The summed E-state index contributed by atoms with van der Waals surface area (Å²) in [7, 11) is 0. The molecule has 0 aromatic rings. The van der Waals surface area contributed by atoms with Crippen molar-refractivity contribution in [3.8, 4) is 0 Å². The molecule has 2 saturated carbocycles. The molecule has 0 aromatic carbocycles. The highest BCUT2D eigenvalue weighted by Crippen LogP contribution is 2.44. The van der Waals surface area contributed by atoms with Crippen LogP contribution in [0.2, 0.25) is 0 Å². The molecule has 0 bridgehead atoms. The second-order valence-corrected chi connectivity index (χ2v) is 4.12. The minimum Gasteiger partial charge on any atom is -0.0588 e. The third-order valence-electron chi connectivity index (χ3n) is 3.11. The van der Waals surface area contributed by atoms with Crippen LogP contribution >= 0.6 is 0 Å². The molecule has 0 unspecified atom stereocenters. The van der Waals surface area contributed by atoms with Crippen LogP contribution in [-0.4, -0.2) is 0 Å². The molecule has 2 rings (SSSR count). The highest BCUT2D eigenvalue weighted by atomic mass is 14.4. The molecular weight excluding hydrogens is 120 g/mol. The first kappa shape index (κ1) is 6.69. The van der Waals surface area contributed by atoms with Gasteiger partial charge in [-0.25, -0.2) is 0 Å². The largest absolute Gasteiger partial charge is 0.0588 e. The van der Waals surface area contributed by atoms with E-state index in [0.29, 0.717) is 0 Å². The maximum absolute atomic E-state index is 2.37. The van der Waals surface area contributed by atoms with Gasteiger partial charge >= 0.3 is 0 Å². The van der Waals surface area contributed by atoms with Crippen LogP contribution in [0.1, 0.15) is 45.4 Å². The van der Waals surface area contributed by atoms with Gasteiger partial charge in [0.15, 0.2) is 0 Å². The van der Waals surface area contributed by atoms with Crippen molar-refractivity contribution in [2.75, 3.05) is 0 Å². The van der Waals surface area contributed by atoms with Crippen LogP contribution in [0, 0.1) is 17.8 Å². The van der Waals surface area contributed by atoms with Crippen LogP contribution in [0.15, 0.2) is 0 Å². The molecule has 0 spiro atoms. The van der Waals surface area contributed by atoms with Gasteiger partial charge in [0.25, 0.3) is 0 Å². The maximum Gasteiger partial charge on any atom is -0.0238 e. The lowest BCUT2D eigenvalue weighted by Gasteiger charge is -2.27. The quantitative estimate of drug-likeness (QED) is 0.560. The van der Waals surface area contributed by atoms with E-state index in [9.17, 15) is 0 Å². The van der Waals surface area contributed by atoms with Crippen molar-refractivity contribution in [3.05, 3.63) is 5.92 Å². The minimum absolute atomic E-state index is 1.06. The Balaban J connectivity index is 1.67. The summed E-state index contributed by atoms with van der Waals surface area (Å²) in [6.45, 7) is 2.37. The second-order valence-electron chi connectivity index (χ2n) is 4.12. The maximum atomic E-state index is 2.37. The molecular formula is C10H17. The Labute approximate surface area is 64.0 Å². The van der Waals surface area contributed by atoms with E-state index in [1.807, 2.05) is 5.92 Å². The molecule has 2 fully saturated rings. The van der Waals surface area contributed by atoms with Crippen molar-refractivity contribution in [2.24, 2.45) is 11.8 Å². The summed E-state index contributed by atoms with van der Waals surface area (Å²) in [5.74, 6) is 3.96. The molecule has 0 amide bonds. The Bertz CT molecular complexity index is 109. The van der Waals surface area contributed by atoms with Gasteiger partial charge in [-0.15, -0.1) is 0 Å². The molecule has 0 aliphatic heterocycles. The van der Waals surface area contributed by atoms with Gasteiger partial charge < -0.3 is 0 Å². The molecule has 0 saturated heterocycles. The van der Waals surface area contributed by atoms with Crippen LogP contribution in [0.25, 0.3) is 0 Å². The smallest absolute Gasteiger partial charge is 0.0238 e. The minimum atomic E-state index is 1.06. The van der Waals surface area contributed by atoms with Crippen LogP contribution in [0.3, 0.4) is 0 Å². The Morgan fingerprint density at radius 2 is 1.90 bits per heavy atom. The Kier molecular flexibility index (Phi) is 1.71. The second kappa shape index (κ2) is 2.56. The van der Waals surface area contributed by atoms with Gasteiger partial charge in [0.1, 0.15) is 0 Å². The number of hydrogen-bond donors (Lipinski definition) is 0. The van der Waals surface area contributed by atoms with Gasteiger partial charge in [0.05, 0.1) is 0 Å². The lowest BCUT2D eigenvalue weighted by Crippen LogP contribution is -2.14. The average Bonchev–Trinajstić information content (AvgIpc) is 2.58. The number of rotatable bonds is 3. The molecule has 57 valence electrons. The van der Waals surface area contributed by atoms with Crippen molar-refractivity contribution in [2.45, 2.75) is 45.4 Å². The third-order valence-corrected chi connectivity index (χ3v) is 3.11. The molecule has 2 aliphatic carbocycles. The summed E-state index contributed by atoms with van der Waals surface area (Å²) in [5, 5.41) is 0. The van der Waals surface area contributed by atoms with Crippen LogP contribution in [0.5, 0.6) is 0 Å². The molecule has 0 heteroatoms. The summed E-state index contributed by atoms with van der Waals surface area (Å²) < 4.78 is 0. The first-order chi connectivity index (χ1) is 4.86. The Morgan fingerprint density at radius 1 is 1.20 bits per heavy atom. The molecule has 0 atom stereocenters. The fourth-order valence-electron chi connectivity index (χ4n) is 1.90. The lowest BCUT2D eigenvalue weighted by molar-refractivity contribution is 0.297. The topological polar surface area (TPSA) is 0 Å². The third kappa shape index (κ3) is 1.36. The van der Waals surface area contributed by atoms with Gasteiger partial charge in [0.2, 0.25) is 0 Å². The monoisotopic (exact) mass is 137 g/mol. The molecule has 1 radical (unpaired) electrons. The van der Waals surface area contributed by atoms with Crippen molar-refractivity contribution >= 4 is 0 Å².